The number of carbonyl (C=O) groups is 1. The molecule has 0 atom stereocenters. The maximum absolute atomic E-state index is 12.7. The van der Waals surface area contributed by atoms with Gasteiger partial charge in [-0.2, -0.15) is 13.2 Å². The minimum Gasteiger partial charge on any atom is -0.308 e. The molecule has 109 valence electrons. The highest BCUT2D eigenvalue weighted by molar-refractivity contribution is 6.31. The lowest BCUT2D eigenvalue weighted by Crippen LogP contribution is -2.19. The molecule has 0 aliphatic heterocycles. The van der Waals surface area contributed by atoms with Gasteiger partial charge in [0.15, 0.2) is 0 Å². The summed E-state index contributed by atoms with van der Waals surface area (Å²) in [5, 5.41) is 4.35. The third-order valence-electron chi connectivity index (χ3n) is 2.49. The van der Waals surface area contributed by atoms with Crippen LogP contribution in [0.5, 0.6) is 0 Å². The van der Waals surface area contributed by atoms with Crippen molar-refractivity contribution in [1.29, 1.82) is 0 Å². The van der Waals surface area contributed by atoms with Crippen molar-refractivity contribution in [3.63, 3.8) is 0 Å². The van der Waals surface area contributed by atoms with Crippen LogP contribution in [-0.4, -0.2) is 6.03 Å². The summed E-state index contributed by atoms with van der Waals surface area (Å²) in [4.78, 5) is 11.7. The van der Waals surface area contributed by atoms with E-state index in [0.29, 0.717) is 5.69 Å². The Morgan fingerprint density at radius 3 is 2.48 bits per heavy atom. The van der Waals surface area contributed by atoms with Gasteiger partial charge in [-0.1, -0.05) is 23.7 Å². The van der Waals surface area contributed by atoms with Gasteiger partial charge in [-0.05, 0) is 36.4 Å². The van der Waals surface area contributed by atoms with Crippen molar-refractivity contribution in [2.45, 2.75) is 6.18 Å². The quantitative estimate of drug-likeness (QED) is 0.821. The van der Waals surface area contributed by atoms with Crippen LogP contribution in [0.4, 0.5) is 29.3 Å². The summed E-state index contributed by atoms with van der Waals surface area (Å²) in [5.74, 6) is 0. The van der Waals surface area contributed by atoms with Crippen LogP contribution in [0, 0.1) is 6.07 Å². The predicted molar refractivity (Wildman–Crippen MR) is 74.4 cm³/mol. The van der Waals surface area contributed by atoms with Crippen LogP contribution in [0.15, 0.2) is 42.5 Å². The average Bonchev–Trinajstić information content (AvgIpc) is 2.41. The predicted octanol–water partition coefficient (Wildman–Crippen LogP) is 4.80. The molecule has 0 aromatic heterocycles. The zero-order chi connectivity index (χ0) is 15.5. The van der Waals surface area contributed by atoms with E-state index in [1.54, 1.807) is 18.2 Å². The summed E-state index contributed by atoms with van der Waals surface area (Å²) in [6.45, 7) is 0. The van der Waals surface area contributed by atoms with E-state index in [-0.39, 0.29) is 5.69 Å². The molecule has 0 aliphatic carbocycles. The molecule has 0 saturated heterocycles. The number of hydrogen-bond donors (Lipinski definition) is 2. The number of urea groups is 1. The smallest absolute Gasteiger partial charge is 0.308 e. The first kappa shape index (κ1) is 15.2. The van der Waals surface area contributed by atoms with Gasteiger partial charge in [0.05, 0.1) is 10.6 Å². The highest BCUT2D eigenvalue weighted by atomic mass is 35.5. The molecule has 2 aromatic rings. The van der Waals surface area contributed by atoms with E-state index < -0.39 is 22.8 Å². The molecule has 7 heteroatoms. The summed E-state index contributed by atoms with van der Waals surface area (Å²) in [6, 6.07) is 11.7. The van der Waals surface area contributed by atoms with Gasteiger partial charge in [0.25, 0.3) is 0 Å². The second kappa shape index (κ2) is 6.05. The summed E-state index contributed by atoms with van der Waals surface area (Å²) in [5.41, 5.74) is -0.542. The van der Waals surface area contributed by atoms with E-state index >= 15 is 0 Å². The number of rotatable bonds is 2. The standard InChI is InChI=1S/C14H9ClF3N2O/c15-12-7-6-10(8-11(12)14(16,17)18)20-13(21)19-9-4-2-1-3-5-9/h1-2,4-8H,(H2,19,20,21). The fourth-order valence-electron chi connectivity index (χ4n) is 1.58. The first-order valence-corrected chi connectivity index (χ1v) is 6.15. The largest absolute Gasteiger partial charge is 0.417 e. The monoisotopic (exact) mass is 313 g/mol. The fraction of sp³-hybridized carbons (Fsp3) is 0.0714. The van der Waals surface area contributed by atoms with E-state index in [1.807, 2.05) is 0 Å². The average molecular weight is 314 g/mol. The van der Waals surface area contributed by atoms with Gasteiger partial charge in [-0.25, -0.2) is 4.79 Å². The maximum Gasteiger partial charge on any atom is 0.417 e. The highest BCUT2D eigenvalue weighted by Gasteiger charge is 2.33. The van der Waals surface area contributed by atoms with Gasteiger partial charge in [0.2, 0.25) is 0 Å². The zero-order valence-electron chi connectivity index (χ0n) is 10.5. The van der Waals surface area contributed by atoms with Crippen LogP contribution in [0.25, 0.3) is 0 Å². The number of hydrogen-bond acceptors (Lipinski definition) is 1. The van der Waals surface area contributed by atoms with Crippen LogP contribution < -0.4 is 10.6 Å². The second-order valence-electron chi connectivity index (χ2n) is 4.06. The van der Waals surface area contributed by atoms with E-state index in [2.05, 4.69) is 16.7 Å². The number of nitrogens with one attached hydrogen (secondary N) is 2. The lowest BCUT2D eigenvalue weighted by atomic mass is 10.2. The highest BCUT2D eigenvalue weighted by Crippen LogP contribution is 2.36. The third kappa shape index (κ3) is 4.13. The second-order valence-corrected chi connectivity index (χ2v) is 4.47. The lowest BCUT2D eigenvalue weighted by molar-refractivity contribution is -0.137. The van der Waals surface area contributed by atoms with Gasteiger partial charge in [0.1, 0.15) is 0 Å². The molecule has 0 spiro atoms. The third-order valence-corrected chi connectivity index (χ3v) is 2.82. The Kier molecular flexibility index (Phi) is 4.37. The van der Waals surface area contributed by atoms with Crippen molar-refractivity contribution >= 4 is 29.0 Å². The Balaban J connectivity index is 2.11. The van der Waals surface area contributed by atoms with Crippen molar-refractivity contribution in [1.82, 2.24) is 0 Å². The molecule has 0 saturated carbocycles. The summed E-state index contributed by atoms with van der Waals surface area (Å²) >= 11 is 5.49. The van der Waals surface area contributed by atoms with Crippen LogP contribution in [0.1, 0.15) is 5.56 Å². The lowest BCUT2D eigenvalue weighted by Gasteiger charge is -2.12. The number of halogens is 4. The molecule has 2 rings (SSSR count). The Labute approximate surface area is 123 Å². The number of amides is 2. The van der Waals surface area contributed by atoms with Gasteiger partial charge in [-0.15, -0.1) is 0 Å². The zero-order valence-corrected chi connectivity index (χ0v) is 11.2. The minimum atomic E-state index is -4.58. The maximum atomic E-state index is 12.7. The summed E-state index contributed by atoms with van der Waals surface area (Å²) in [7, 11) is 0. The molecule has 2 amide bonds. The Hall–Kier alpha value is -2.21. The number of anilines is 2. The SMILES string of the molecule is O=C(Nc1c[c]ccc1)Nc1ccc(Cl)c(C(F)(F)F)c1. The Bertz CT molecular complexity index is 644. The molecule has 0 bridgehead atoms. The number of alkyl halides is 3. The molecule has 2 N–H and O–H groups in total. The molecule has 2 aromatic carbocycles. The Morgan fingerprint density at radius 1 is 1.14 bits per heavy atom. The number of carbonyl (C=O) groups excluding carboxylic acids is 1. The summed E-state index contributed by atoms with van der Waals surface area (Å²) in [6.07, 6.45) is -4.58. The number of benzene rings is 2. The van der Waals surface area contributed by atoms with E-state index in [9.17, 15) is 18.0 Å². The minimum absolute atomic E-state index is 0.0101. The van der Waals surface area contributed by atoms with Crippen LogP contribution in [-0.2, 0) is 6.18 Å². The van der Waals surface area contributed by atoms with Crippen molar-refractivity contribution in [3.8, 4) is 0 Å². The molecular formula is C14H9ClF3N2O. The van der Waals surface area contributed by atoms with Crippen LogP contribution in [0.2, 0.25) is 5.02 Å². The van der Waals surface area contributed by atoms with Crippen molar-refractivity contribution in [2.75, 3.05) is 10.6 Å². The van der Waals surface area contributed by atoms with E-state index in [0.717, 1.165) is 12.1 Å². The fourth-order valence-corrected chi connectivity index (χ4v) is 1.81. The van der Waals surface area contributed by atoms with Crippen LogP contribution in [0.3, 0.4) is 0 Å². The van der Waals surface area contributed by atoms with Crippen molar-refractivity contribution in [3.05, 3.63) is 59.1 Å². The van der Waals surface area contributed by atoms with Gasteiger partial charge in [0, 0.05) is 11.4 Å². The molecule has 0 unspecified atom stereocenters. The molecule has 0 fully saturated rings. The molecular weight excluding hydrogens is 305 g/mol. The summed E-state index contributed by atoms with van der Waals surface area (Å²) < 4.78 is 38.1. The van der Waals surface area contributed by atoms with Crippen LogP contribution >= 0.6 is 11.6 Å². The first-order valence-electron chi connectivity index (χ1n) is 5.77. The molecule has 0 aliphatic rings. The van der Waals surface area contributed by atoms with Gasteiger partial charge < -0.3 is 10.6 Å². The van der Waals surface area contributed by atoms with E-state index in [1.165, 1.54) is 12.1 Å². The molecule has 0 heterocycles. The van der Waals surface area contributed by atoms with Crippen molar-refractivity contribution in [2.24, 2.45) is 0 Å². The molecule has 3 nitrogen and oxygen atoms in total. The molecule has 21 heavy (non-hydrogen) atoms. The Morgan fingerprint density at radius 2 is 1.86 bits per heavy atom. The van der Waals surface area contributed by atoms with Gasteiger partial charge >= 0.3 is 12.2 Å². The normalized spacial score (nSPS) is 11.0. The topological polar surface area (TPSA) is 41.1 Å². The van der Waals surface area contributed by atoms with Crippen molar-refractivity contribution < 1.29 is 18.0 Å². The van der Waals surface area contributed by atoms with Gasteiger partial charge in [-0.3, -0.25) is 0 Å². The first-order chi connectivity index (χ1) is 9.86. The molecule has 1 radical (unpaired) electrons. The van der Waals surface area contributed by atoms with E-state index in [4.69, 9.17) is 11.6 Å².